The topological polar surface area (TPSA) is 29.5 Å². The zero-order valence-corrected chi connectivity index (χ0v) is 11.9. The van der Waals surface area contributed by atoms with Crippen LogP contribution in [0.5, 0.6) is 5.75 Å². The van der Waals surface area contributed by atoms with Crippen molar-refractivity contribution in [2.24, 2.45) is 0 Å². The summed E-state index contributed by atoms with van der Waals surface area (Å²) in [4.78, 5) is 0. The summed E-state index contributed by atoms with van der Waals surface area (Å²) in [6.45, 7) is 0. The number of ether oxygens (including phenoxy) is 1. The molecule has 0 aromatic heterocycles. The Bertz CT molecular complexity index is 660. The maximum Gasteiger partial charge on any atom is 0.128 e. The van der Waals surface area contributed by atoms with E-state index >= 15 is 0 Å². The Morgan fingerprint density at radius 3 is 2.40 bits per heavy atom. The number of hydrogen-bond acceptors (Lipinski definition) is 2. The highest BCUT2D eigenvalue weighted by Gasteiger charge is 2.29. The van der Waals surface area contributed by atoms with E-state index in [-0.39, 0.29) is 5.82 Å². The normalized spacial score (nSPS) is 21.2. The largest absolute Gasteiger partial charge is 0.485 e. The molecule has 0 fully saturated rings. The van der Waals surface area contributed by atoms with E-state index in [1.165, 1.54) is 30.3 Å². The SMILES string of the molecule is O[C@@H]1CC(c2ccc(F)cc2Br)Oc2cc(F)ccc21. The molecule has 0 bridgehead atoms. The molecular formula is C15H11BrF2O2. The van der Waals surface area contributed by atoms with Crippen LogP contribution in [-0.4, -0.2) is 5.11 Å². The van der Waals surface area contributed by atoms with Crippen molar-refractivity contribution in [3.05, 3.63) is 63.6 Å². The van der Waals surface area contributed by atoms with Gasteiger partial charge in [0.25, 0.3) is 0 Å². The van der Waals surface area contributed by atoms with Gasteiger partial charge in [-0.05, 0) is 24.3 Å². The van der Waals surface area contributed by atoms with Crippen molar-refractivity contribution in [3.8, 4) is 5.75 Å². The van der Waals surface area contributed by atoms with E-state index < -0.39 is 18.0 Å². The second-order valence-corrected chi connectivity index (χ2v) is 5.56. The number of halogens is 3. The highest BCUT2D eigenvalue weighted by molar-refractivity contribution is 9.10. The number of rotatable bonds is 1. The predicted molar refractivity (Wildman–Crippen MR) is 73.4 cm³/mol. The Balaban J connectivity index is 1.98. The van der Waals surface area contributed by atoms with Gasteiger partial charge in [-0.2, -0.15) is 0 Å². The van der Waals surface area contributed by atoms with Gasteiger partial charge in [-0.1, -0.05) is 22.0 Å². The molecule has 0 saturated carbocycles. The molecule has 5 heteroatoms. The first-order valence-corrected chi connectivity index (χ1v) is 6.93. The van der Waals surface area contributed by atoms with Crippen molar-refractivity contribution in [1.29, 1.82) is 0 Å². The quantitative estimate of drug-likeness (QED) is 0.839. The molecule has 1 aliphatic rings. The van der Waals surface area contributed by atoms with E-state index in [9.17, 15) is 13.9 Å². The smallest absolute Gasteiger partial charge is 0.128 e. The lowest BCUT2D eigenvalue weighted by atomic mass is 9.95. The van der Waals surface area contributed by atoms with Crippen LogP contribution in [0.2, 0.25) is 0 Å². The van der Waals surface area contributed by atoms with Gasteiger partial charge in [0, 0.05) is 28.1 Å². The van der Waals surface area contributed by atoms with Crippen LogP contribution in [0.15, 0.2) is 40.9 Å². The van der Waals surface area contributed by atoms with Crippen molar-refractivity contribution < 1.29 is 18.6 Å². The van der Waals surface area contributed by atoms with Crippen LogP contribution >= 0.6 is 15.9 Å². The zero-order chi connectivity index (χ0) is 14.3. The van der Waals surface area contributed by atoms with Gasteiger partial charge in [0.15, 0.2) is 0 Å². The Morgan fingerprint density at radius 2 is 1.70 bits per heavy atom. The lowest BCUT2D eigenvalue weighted by Crippen LogP contribution is -2.19. The number of fused-ring (bicyclic) bond motifs is 1. The van der Waals surface area contributed by atoms with E-state index in [0.717, 1.165) is 5.56 Å². The molecule has 0 radical (unpaired) electrons. The van der Waals surface area contributed by atoms with Crippen molar-refractivity contribution in [2.75, 3.05) is 0 Å². The monoisotopic (exact) mass is 340 g/mol. The minimum absolute atomic E-state index is 0.324. The van der Waals surface area contributed by atoms with Gasteiger partial charge in [0.1, 0.15) is 23.5 Å². The molecule has 2 aromatic rings. The van der Waals surface area contributed by atoms with Crippen molar-refractivity contribution in [1.82, 2.24) is 0 Å². The number of aliphatic hydroxyl groups excluding tert-OH is 1. The Hall–Kier alpha value is -1.46. The average Bonchev–Trinajstić information content (AvgIpc) is 2.37. The number of aliphatic hydroxyl groups is 1. The van der Waals surface area contributed by atoms with E-state index in [1.54, 1.807) is 6.07 Å². The van der Waals surface area contributed by atoms with Crippen LogP contribution in [0.25, 0.3) is 0 Å². The standard InChI is InChI=1S/C15H11BrF2O2/c16-12-5-8(17)1-3-10(12)15-7-13(19)11-4-2-9(18)6-14(11)20-15/h1-6,13,15,19H,7H2/t13-,15?/m1/s1. The summed E-state index contributed by atoms with van der Waals surface area (Å²) >= 11 is 3.28. The van der Waals surface area contributed by atoms with Crippen molar-refractivity contribution in [3.63, 3.8) is 0 Å². The van der Waals surface area contributed by atoms with Crippen LogP contribution in [0.4, 0.5) is 8.78 Å². The maximum atomic E-state index is 13.3. The molecule has 104 valence electrons. The molecule has 2 atom stereocenters. The molecule has 0 aliphatic carbocycles. The Morgan fingerprint density at radius 1 is 1.05 bits per heavy atom. The molecular weight excluding hydrogens is 330 g/mol. The summed E-state index contributed by atoms with van der Waals surface area (Å²) in [5, 5.41) is 10.1. The van der Waals surface area contributed by atoms with Crippen LogP contribution in [-0.2, 0) is 0 Å². The highest BCUT2D eigenvalue weighted by Crippen LogP contribution is 2.42. The molecule has 3 rings (SSSR count). The van der Waals surface area contributed by atoms with E-state index in [4.69, 9.17) is 4.74 Å². The first-order chi connectivity index (χ1) is 9.54. The summed E-state index contributed by atoms with van der Waals surface area (Å²) in [5.41, 5.74) is 1.29. The minimum Gasteiger partial charge on any atom is -0.485 e. The summed E-state index contributed by atoms with van der Waals surface area (Å²) in [7, 11) is 0. The fraction of sp³-hybridized carbons (Fsp3) is 0.200. The molecule has 1 heterocycles. The van der Waals surface area contributed by atoms with Gasteiger partial charge in [0.05, 0.1) is 6.10 Å². The van der Waals surface area contributed by atoms with Crippen LogP contribution < -0.4 is 4.74 Å². The van der Waals surface area contributed by atoms with Crippen molar-refractivity contribution in [2.45, 2.75) is 18.6 Å². The average molecular weight is 341 g/mol. The second kappa shape index (κ2) is 5.14. The molecule has 0 spiro atoms. The van der Waals surface area contributed by atoms with Gasteiger partial charge in [0.2, 0.25) is 0 Å². The molecule has 1 unspecified atom stereocenters. The first-order valence-electron chi connectivity index (χ1n) is 6.13. The van der Waals surface area contributed by atoms with E-state index in [0.29, 0.717) is 22.2 Å². The highest BCUT2D eigenvalue weighted by atomic mass is 79.9. The minimum atomic E-state index is -0.735. The third-order valence-corrected chi connectivity index (χ3v) is 4.04. The maximum absolute atomic E-state index is 13.3. The van der Waals surface area contributed by atoms with Crippen LogP contribution in [0.3, 0.4) is 0 Å². The van der Waals surface area contributed by atoms with Crippen LogP contribution in [0.1, 0.15) is 29.8 Å². The van der Waals surface area contributed by atoms with E-state index in [2.05, 4.69) is 15.9 Å². The summed E-state index contributed by atoms with van der Waals surface area (Å²) in [6.07, 6.45) is -0.848. The molecule has 1 N–H and O–H groups in total. The van der Waals surface area contributed by atoms with Gasteiger partial charge in [-0.15, -0.1) is 0 Å². The zero-order valence-electron chi connectivity index (χ0n) is 10.3. The number of hydrogen-bond donors (Lipinski definition) is 1. The van der Waals surface area contributed by atoms with E-state index in [1.807, 2.05) is 0 Å². The summed E-state index contributed by atoms with van der Waals surface area (Å²) in [6, 6.07) is 8.33. The second-order valence-electron chi connectivity index (χ2n) is 4.71. The molecule has 2 aromatic carbocycles. The van der Waals surface area contributed by atoms with Gasteiger partial charge in [-0.3, -0.25) is 0 Å². The molecule has 1 aliphatic heterocycles. The molecule has 0 amide bonds. The summed E-state index contributed by atoms with van der Waals surface area (Å²) < 4.78 is 32.7. The third-order valence-electron chi connectivity index (χ3n) is 3.35. The predicted octanol–water partition coefficient (Wildman–Crippen LogP) is 4.28. The van der Waals surface area contributed by atoms with Crippen LogP contribution in [0, 0.1) is 11.6 Å². The van der Waals surface area contributed by atoms with Crippen molar-refractivity contribution >= 4 is 15.9 Å². The van der Waals surface area contributed by atoms with Gasteiger partial charge < -0.3 is 9.84 Å². The van der Waals surface area contributed by atoms with Gasteiger partial charge >= 0.3 is 0 Å². The fourth-order valence-corrected chi connectivity index (χ4v) is 2.98. The molecule has 2 nitrogen and oxygen atoms in total. The van der Waals surface area contributed by atoms with Gasteiger partial charge in [-0.25, -0.2) is 8.78 Å². The molecule has 0 saturated heterocycles. The Labute approximate surface area is 123 Å². The molecule has 20 heavy (non-hydrogen) atoms. The number of benzene rings is 2. The third kappa shape index (κ3) is 2.43. The Kier molecular flexibility index (Phi) is 3.48. The fourth-order valence-electron chi connectivity index (χ4n) is 2.37. The lowest BCUT2D eigenvalue weighted by Gasteiger charge is -2.30. The lowest BCUT2D eigenvalue weighted by molar-refractivity contribution is 0.0650. The summed E-state index contributed by atoms with van der Waals surface area (Å²) in [5.74, 6) is -0.455. The first kappa shape index (κ1) is 13.5.